The summed E-state index contributed by atoms with van der Waals surface area (Å²) in [5.41, 5.74) is 0.884. The molecule has 1 aliphatic heterocycles. The van der Waals surface area contributed by atoms with Gasteiger partial charge in [0.15, 0.2) is 17.6 Å². The molecule has 1 atom stereocenters. The van der Waals surface area contributed by atoms with Crippen LogP contribution < -0.4 is 14.8 Å². The maximum Gasteiger partial charge on any atom is 0.309 e. The fraction of sp³-hybridized carbons (Fsp3) is 0.467. The maximum absolute atomic E-state index is 11.9. The van der Waals surface area contributed by atoms with E-state index in [4.69, 9.17) is 14.2 Å². The van der Waals surface area contributed by atoms with Crippen LogP contribution in [0.3, 0.4) is 0 Å². The third-order valence-corrected chi connectivity index (χ3v) is 3.04. The first-order chi connectivity index (χ1) is 9.97. The molecule has 1 amide bonds. The average molecular weight is 293 g/mol. The van der Waals surface area contributed by atoms with Crippen LogP contribution in [0, 0.1) is 5.92 Å². The van der Waals surface area contributed by atoms with Crippen molar-refractivity contribution in [1.82, 2.24) is 5.32 Å². The van der Waals surface area contributed by atoms with E-state index in [2.05, 4.69) is 5.32 Å². The van der Waals surface area contributed by atoms with E-state index in [9.17, 15) is 9.59 Å². The predicted molar refractivity (Wildman–Crippen MR) is 74.8 cm³/mol. The Bertz CT molecular complexity index is 541. The van der Waals surface area contributed by atoms with Gasteiger partial charge in [0, 0.05) is 6.54 Å². The van der Waals surface area contributed by atoms with E-state index in [-0.39, 0.29) is 24.6 Å². The molecule has 21 heavy (non-hydrogen) atoms. The summed E-state index contributed by atoms with van der Waals surface area (Å²) in [6.45, 7) is 5.54. The molecule has 0 saturated carbocycles. The second-order valence-electron chi connectivity index (χ2n) is 5.14. The third kappa shape index (κ3) is 3.87. The number of ether oxygens (including phenoxy) is 3. The molecule has 0 unspecified atom stereocenters. The molecule has 0 radical (unpaired) electrons. The zero-order chi connectivity index (χ0) is 15.4. The van der Waals surface area contributed by atoms with Gasteiger partial charge in [0.2, 0.25) is 6.79 Å². The molecule has 1 N–H and O–H groups in total. The largest absolute Gasteiger partial charge is 0.454 e. The highest BCUT2D eigenvalue weighted by molar-refractivity contribution is 5.83. The normalized spacial score (nSPS) is 13.9. The van der Waals surface area contributed by atoms with Crippen LogP contribution in [0.4, 0.5) is 0 Å². The van der Waals surface area contributed by atoms with Crippen molar-refractivity contribution in [1.29, 1.82) is 0 Å². The predicted octanol–water partition coefficient (Wildman–Crippen LogP) is 1.62. The molecule has 0 aromatic heterocycles. The number of nitrogens with one attached hydrogen (secondary N) is 1. The van der Waals surface area contributed by atoms with Gasteiger partial charge in [-0.1, -0.05) is 19.9 Å². The van der Waals surface area contributed by atoms with Crippen LogP contribution >= 0.6 is 0 Å². The lowest BCUT2D eigenvalue weighted by Crippen LogP contribution is -2.36. The number of carbonyl (C=O) groups is 2. The summed E-state index contributed by atoms with van der Waals surface area (Å²) in [6.07, 6.45) is -0.811. The maximum atomic E-state index is 11.9. The van der Waals surface area contributed by atoms with Crippen molar-refractivity contribution >= 4 is 11.9 Å². The molecule has 0 saturated heterocycles. The summed E-state index contributed by atoms with van der Waals surface area (Å²) < 4.78 is 15.5. The molecule has 1 aliphatic rings. The highest BCUT2D eigenvalue weighted by Crippen LogP contribution is 2.32. The van der Waals surface area contributed by atoms with E-state index >= 15 is 0 Å². The summed E-state index contributed by atoms with van der Waals surface area (Å²) in [5, 5.41) is 2.72. The average Bonchev–Trinajstić information content (AvgIpc) is 2.91. The van der Waals surface area contributed by atoms with Gasteiger partial charge in [0.25, 0.3) is 5.91 Å². The summed E-state index contributed by atoms with van der Waals surface area (Å²) in [5.74, 6) is 0.391. The number of carbonyl (C=O) groups excluding carboxylic acids is 2. The first kappa shape index (κ1) is 15.2. The lowest BCUT2D eigenvalue weighted by Gasteiger charge is -2.15. The van der Waals surface area contributed by atoms with Crippen LogP contribution in [0.15, 0.2) is 18.2 Å². The molecule has 1 aromatic rings. The van der Waals surface area contributed by atoms with E-state index in [1.54, 1.807) is 26.8 Å². The molecular formula is C15H19NO5. The molecule has 0 aliphatic carbocycles. The van der Waals surface area contributed by atoms with Gasteiger partial charge in [0.05, 0.1) is 5.92 Å². The Labute approximate surface area is 123 Å². The van der Waals surface area contributed by atoms with Gasteiger partial charge in [-0.2, -0.15) is 0 Å². The number of benzene rings is 1. The van der Waals surface area contributed by atoms with Crippen LogP contribution in [0.5, 0.6) is 11.5 Å². The lowest BCUT2D eigenvalue weighted by atomic mass is 10.2. The number of hydrogen-bond acceptors (Lipinski definition) is 5. The Hall–Kier alpha value is -2.24. The topological polar surface area (TPSA) is 73.9 Å². The van der Waals surface area contributed by atoms with Gasteiger partial charge in [-0.25, -0.2) is 0 Å². The number of amides is 1. The Kier molecular flexibility index (Phi) is 4.67. The van der Waals surface area contributed by atoms with Gasteiger partial charge in [-0.3, -0.25) is 9.59 Å². The molecule has 1 heterocycles. The molecule has 6 nitrogen and oxygen atoms in total. The zero-order valence-electron chi connectivity index (χ0n) is 12.3. The smallest absolute Gasteiger partial charge is 0.309 e. The molecule has 6 heteroatoms. The second-order valence-corrected chi connectivity index (χ2v) is 5.14. The molecule has 0 fully saturated rings. The van der Waals surface area contributed by atoms with Gasteiger partial charge in [-0.05, 0) is 24.6 Å². The number of fused-ring (bicyclic) bond motifs is 1. The highest BCUT2D eigenvalue weighted by atomic mass is 16.7. The molecule has 0 bridgehead atoms. The Morgan fingerprint density at radius 2 is 1.95 bits per heavy atom. The van der Waals surface area contributed by atoms with E-state index in [1.807, 2.05) is 12.1 Å². The quantitative estimate of drug-likeness (QED) is 0.835. The van der Waals surface area contributed by atoms with Gasteiger partial charge >= 0.3 is 5.97 Å². The third-order valence-electron chi connectivity index (χ3n) is 3.04. The minimum atomic E-state index is -0.811. The monoisotopic (exact) mass is 293 g/mol. The summed E-state index contributed by atoms with van der Waals surface area (Å²) in [6, 6.07) is 5.46. The molecule has 1 aromatic carbocycles. The zero-order valence-corrected chi connectivity index (χ0v) is 12.3. The first-order valence-corrected chi connectivity index (χ1v) is 6.84. The van der Waals surface area contributed by atoms with E-state index in [0.717, 1.165) is 5.56 Å². The second kappa shape index (κ2) is 6.47. The molecule has 0 spiro atoms. The highest BCUT2D eigenvalue weighted by Gasteiger charge is 2.19. The van der Waals surface area contributed by atoms with Crippen molar-refractivity contribution in [2.45, 2.75) is 33.4 Å². The number of esters is 1. The van der Waals surface area contributed by atoms with Crippen LogP contribution in [0.2, 0.25) is 0 Å². The van der Waals surface area contributed by atoms with Crippen molar-refractivity contribution in [2.24, 2.45) is 5.92 Å². The van der Waals surface area contributed by atoms with E-state index in [1.165, 1.54) is 0 Å². The van der Waals surface area contributed by atoms with E-state index in [0.29, 0.717) is 18.0 Å². The van der Waals surface area contributed by atoms with Gasteiger partial charge in [-0.15, -0.1) is 0 Å². The van der Waals surface area contributed by atoms with Crippen molar-refractivity contribution in [2.75, 3.05) is 6.79 Å². The first-order valence-electron chi connectivity index (χ1n) is 6.84. The van der Waals surface area contributed by atoms with Crippen molar-refractivity contribution < 1.29 is 23.8 Å². The van der Waals surface area contributed by atoms with Crippen molar-refractivity contribution in [3.63, 3.8) is 0 Å². The van der Waals surface area contributed by atoms with Crippen LogP contribution in [0.1, 0.15) is 26.3 Å². The number of hydrogen-bond donors (Lipinski definition) is 1. The minimum Gasteiger partial charge on any atom is -0.454 e. The Balaban J connectivity index is 1.85. The van der Waals surface area contributed by atoms with Crippen LogP contribution in [-0.4, -0.2) is 24.8 Å². The van der Waals surface area contributed by atoms with Crippen LogP contribution in [0.25, 0.3) is 0 Å². The summed E-state index contributed by atoms with van der Waals surface area (Å²) in [4.78, 5) is 23.3. The minimum absolute atomic E-state index is 0.216. The Morgan fingerprint density at radius 3 is 2.67 bits per heavy atom. The number of rotatable bonds is 5. The standard InChI is InChI=1S/C15H19NO5/c1-9(2)15(18)21-10(3)14(17)16-7-11-4-5-12-13(6-11)20-8-19-12/h4-6,9-10H,7-8H2,1-3H3,(H,16,17)/t10-/m1/s1. The SMILES string of the molecule is CC(C)C(=O)O[C@H](C)C(=O)NCc1ccc2c(c1)OCO2. The Morgan fingerprint density at radius 1 is 1.24 bits per heavy atom. The van der Waals surface area contributed by atoms with Crippen LogP contribution in [-0.2, 0) is 20.9 Å². The summed E-state index contributed by atoms with van der Waals surface area (Å²) >= 11 is 0. The fourth-order valence-corrected chi connectivity index (χ4v) is 1.75. The molecular weight excluding hydrogens is 274 g/mol. The van der Waals surface area contributed by atoms with Gasteiger partial charge in [0.1, 0.15) is 0 Å². The lowest BCUT2D eigenvalue weighted by molar-refractivity contribution is -0.157. The molecule has 2 rings (SSSR count). The fourth-order valence-electron chi connectivity index (χ4n) is 1.75. The van der Waals surface area contributed by atoms with Crippen molar-refractivity contribution in [3.8, 4) is 11.5 Å². The molecule has 114 valence electrons. The van der Waals surface area contributed by atoms with Crippen molar-refractivity contribution in [3.05, 3.63) is 23.8 Å². The van der Waals surface area contributed by atoms with Gasteiger partial charge < -0.3 is 19.5 Å². The van der Waals surface area contributed by atoms with E-state index < -0.39 is 6.10 Å². The summed E-state index contributed by atoms with van der Waals surface area (Å²) in [7, 11) is 0.